The number of nitrogens with zero attached hydrogens (tertiary/aromatic N) is 5. The van der Waals surface area contributed by atoms with Crippen molar-refractivity contribution in [1.82, 2.24) is 29.4 Å². The number of hydrogen-bond donors (Lipinski definition) is 2. The predicted octanol–water partition coefficient (Wildman–Crippen LogP) is 3.84. The van der Waals surface area contributed by atoms with Gasteiger partial charge in [0.25, 0.3) is 5.91 Å². The fraction of sp³-hybridized carbons (Fsp3) is 0.240. The number of hydrogen-bond acceptors (Lipinski definition) is 4. The number of amides is 1. The number of aromatic nitrogens is 5. The maximum absolute atomic E-state index is 13.1. The van der Waals surface area contributed by atoms with E-state index in [-0.39, 0.29) is 18.0 Å². The number of alkyl halides is 3. The van der Waals surface area contributed by atoms with Crippen molar-refractivity contribution in [2.24, 2.45) is 7.05 Å². The minimum atomic E-state index is -4.42. The van der Waals surface area contributed by atoms with Gasteiger partial charge < -0.3 is 10.4 Å². The van der Waals surface area contributed by atoms with Gasteiger partial charge in [-0.2, -0.15) is 23.4 Å². The maximum Gasteiger partial charge on any atom is 0.416 e. The van der Waals surface area contributed by atoms with Crippen LogP contribution in [0, 0.1) is 0 Å². The molecule has 0 aliphatic heterocycles. The van der Waals surface area contributed by atoms with Crippen molar-refractivity contribution in [3.63, 3.8) is 0 Å². The average molecular weight is 494 g/mol. The molecule has 3 heterocycles. The van der Waals surface area contributed by atoms with Gasteiger partial charge in [0.05, 0.1) is 29.3 Å². The van der Waals surface area contributed by atoms with E-state index in [1.807, 2.05) is 6.20 Å². The first kappa shape index (κ1) is 22.4. The molecule has 1 aliphatic carbocycles. The zero-order valence-corrected chi connectivity index (χ0v) is 19.0. The lowest BCUT2D eigenvalue weighted by Gasteiger charge is -2.41. The first-order valence-corrected chi connectivity index (χ1v) is 11.3. The zero-order valence-electron chi connectivity index (χ0n) is 19.0. The third-order valence-corrected chi connectivity index (χ3v) is 6.71. The second-order valence-electron chi connectivity index (χ2n) is 9.01. The number of aryl methyl sites for hydroxylation is 1. The zero-order chi connectivity index (χ0) is 25.2. The summed E-state index contributed by atoms with van der Waals surface area (Å²) in [6, 6.07) is 11.3. The fourth-order valence-corrected chi connectivity index (χ4v) is 4.92. The average Bonchev–Trinajstić information content (AvgIpc) is 3.54. The molecule has 0 spiro atoms. The highest BCUT2D eigenvalue weighted by Gasteiger charge is 2.42. The molecule has 1 saturated carbocycles. The Morgan fingerprint density at radius 1 is 1.14 bits per heavy atom. The minimum absolute atomic E-state index is 0.266. The lowest BCUT2D eigenvalue weighted by Crippen LogP contribution is -2.56. The van der Waals surface area contributed by atoms with E-state index in [4.69, 9.17) is 0 Å². The fourth-order valence-electron chi connectivity index (χ4n) is 4.92. The van der Waals surface area contributed by atoms with Gasteiger partial charge in [-0.1, -0.05) is 0 Å². The number of nitrogens with one attached hydrogen (secondary N) is 1. The molecule has 0 saturated heterocycles. The lowest BCUT2D eigenvalue weighted by molar-refractivity contribution is -0.137. The van der Waals surface area contributed by atoms with Crippen LogP contribution < -0.4 is 5.32 Å². The quantitative estimate of drug-likeness (QED) is 0.397. The molecule has 0 radical (unpaired) electrons. The van der Waals surface area contributed by atoms with Crippen LogP contribution in [0.5, 0.6) is 0 Å². The summed E-state index contributed by atoms with van der Waals surface area (Å²) in [5.74, 6) is -0.287. The van der Waals surface area contributed by atoms with Crippen molar-refractivity contribution in [2.75, 3.05) is 0 Å². The van der Waals surface area contributed by atoms with Gasteiger partial charge in [0.15, 0.2) is 5.65 Å². The van der Waals surface area contributed by atoms with Crippen molar-refractivity contribution in [3.05, 3.63) is 78.2 Å². The molecule has 8 nitrogen and oxygen atoms in total. The summed E-state index contributed by atoms with van der Waals surface area (Å²) in [7, 11) is 1.76. The number of halogens is 3. The van der Waals surface area contributed by atoms with Crippen molar-refractivity contribution in [2.45, 2.75) is 30.8 Å². The molecule has 6 rings (SSSR count). The summed E-state index contributed by atoms with van der Waals surface area (Å²) in [5.41, 5.74) is 1.53. The normalized spacial score (nSPS) is 20.1. The van der Waals surface area contributed by atoms with E-state index >= 15 is 0 Å². The molecule has 11 heteroatoms. The Bertz CT molecular complexity index is 1580. The molecular weight excluding hydrogens is 473 g/mol. The van der Waals surface area contributed by atoms with Crippen molar-refractivity contribution in [1.29, 1.82) is 0 Å². The number of benzene rings is 2. The van der Waals surface area contributed by atoms with Gasteiger partial charge in [-0.15, -0.1) is 0 Å². The Balaban J connectivity index is 1.36. The molecule has 2 N–H and O–H groups in total. The van der Waals surface area contributed by atoms with Crippen LogP contribution in [0.25, 0.3) is 27.6 Å². The van der Waals surface area contributed by atoms with Crippen LogP contribution in [0.1, 0.15) is 28.4 Å². The summed E-state index contributed by atoms with van der Waals surface area (Å²) in [5, 5.41) is 23.4. The molecule has 1 fully saturated rings. The van der Waals surface area contributed by atoms with E-state index < -0.39 is 17.8 Å². The Morgan fingerprint density at radius 3 is 2.58 bits per heavy atom. The molecular formula is C25H21F3N6O2. The molecule has 1 amide bonds. The molecule has 0 unspecified atom stereocenters. The van der Waals surface area contributed by atoms with Crippen LogP contribution >= 0.6 is 0 Å². The standard InChI is InChI=1S/C25H21F3N6O2/c1-32-13-18-17-11-14(24(36)30-19-12-21(35)22(19)33-10-2-9-29-33)3-8-20(17)34(23(18)31-32)16-6-4-15(5-7-16)25(26,27)28/h2-11,13,19,21-22,35H,12H2,1H3,(H,30,36)/t19-,21+,22+/m1/s1. The molecule has 184 valence electrons. The van der Waals surface area contributed by atoms with Crippen LogP contribution in [0.2, 0.25) is 0 Å². The third kappa shape index (κ3) is 3.54. The number of carbonyl (C=O) groups excluding carboxylic acids is 1. The molecule has 0 bridgehead atoms. The van der Waals surface area contributed by atoms with E-state index in [2.05, 4.69) is 15.5 Å². The van der Waals surface area contributed by atoms with E-state index in [0.29, 0.717) is 23.3 Å². The Hall–Kier alpha value is -4.12. The van der Waals surface area contributed by atoms with Crippen molar-refractivity contribution < 1.29 is 23.1 Å². The van der Waals surface area contributed by atoms with E-state index in [0.717, 1.165) is 28.4 Å². The van der Waals surface area contributed by atoms with E-state index in [9.17, 15) is 23.1 Å². The van der Waals surface area contributed by atoms with Gasteiger partial charge in [-0.3, -0.25) is 18.7 Å². The van der Waals surface area contributed by atoms with Gasteiger partial charge >= 0.3 is 6.18 Å². The van der Waals surface area contributed by atoms with E-state index in [1.54, 1.807) is 57.6 Å². The molecule has 36 heavy (non-hydrogen) atoms. The van der Waals surface area contributed by atoms with Gasteiger partial charge in [-0.05, 0) is 55.0 Å². The van der Waals surface area contributed by atoms with Crippen LogP contribution in [0.3, 0.4) is 0 Å². The van der Waals surface area contributed by atoms with Gasteiger partial charge in [0, 0.05) is 47.7 Å². The van der Waals surface area contributed by atoms with Crippen LogP contribution in [-0.4, -0.2) is 47.3 Å². The van der Waals surface area contributed by atoms with Gasteiger partial charge in [0.1, 0.15) is 0 Å². The van der Waals surface area contributed by atoms with Gasteiger partial charge in [-0.25, -0.2) is 0 Å². The van der Waals surface area contributed by atoms with E-state index in [1.165, 1.54) is 12.1 Å². The molecule has 1 aliphatic rings. The highest BCUT2D eigenvalue weighted by Crippen LogP contribution is 2.35. The number of aliphatic hydroxyl groups is 1. The van der Waals surface area contributed by atoms with Crippen LogP contribution in [0.4, 0.5) is 13.2 Å². The Morgan fingerprint density at radius 2 is 1.92 bits per heavy atom. The second kappa shape index (κ2) is 7.95. The molecule has 3 atom stereocenters. The largest absolute Gasteiger partial charge is 0.416 e. The summed E-state index contributed by atoms with van der Waals surface area (Å²) in [6.07, 6.45) is 0.600. The Labute approximate surface area is 202 Å². The first-order valence-electron chi connectivity index (χ1n) is 11.3. The monoisotopic (exact) mass is 494 g/mol. The summed E-state index contributed by atoms with van der Waals surface area (Å²) in [4.78, 5) is 13.1. The molecule has 3 aromatic heterocycles. The SMILES string of the molecule is Cn1cc2c3cc(C(=O)N[C@@H]4C[C@H](O)[C@H]4n4cccn4)ccc3n(-c3ccc(C(F)(F)F)cc3)c2n1. The number of rotatable bonds is 4. The van der Waals surface area contributed by atoms with Gasteiger partial charge in [0.2, 0.25) is 0 Å². The summed E-state index contributed by atoms with van der Waals surface area (Å²) >= 11 is 0. The van der Waals surface area contributed by atoms with Crippen LogP contribution in [0.15, 0.2) is 67.1 Å². The predicted molar refractivity (Wildman–Crippen MR) is 126 cm³/mol. The van der Waals surface area contributed by atoms with Crippen LogP contribution in [-0.2, 0) is 13.2 Å². The highest BCUT2D eigenvalue weighted by molar-refractivity contribution is 6.10. The lowest BCUT2D eigenvalue weighted by atomic mass is 9.83. The smallest absolute Gasteiger partial charge is 0.391 e. The number of carbonyl (C=O) groups is 1. The summed E-state index contributed by atoms with van der Waals surface area (Å²) in [6.45, 7) is 0. The topological polar surface area (TPSA) is 89.9 Å². The van der Waals surface area contributed by atoms with Crippen molar-refractivity contribution in [3.8, 4) is 5.69 Å². The molecule has 5 aromatic rings. The highest BCUT2D eigenvalue weighted by atomic mass is 19.4. The number of aliphatic hydroxyl groups excluding tert-OH is 1. The first-order chi connectivity index (χ1) is 17.2. The minimum Gasteiger partial charge on any atom is -0.391 e. The second-order valence-corrected chi connectivity index (χ2v) is 9.01. The summed E-state index contributed by atoms with van der Waals surface area (Å²) < 4.78 is 44.2. The maximum atomic E-state index is 13.1. The number of fused-ring (bicyclic) bond motifs is 3. The van der Waals surface area contributed by atoms with Crippen molar-refractivity contribution >= 4 is 27.8 Å². The molecule has 2 aromatic carbocycles. The third-order valence-electron chi connectivity index (χ3n) is 6.71. The Kier molecular flexibility index (Phi) is 4.94.